The van der Waals surface area contributed by atoms with E-state index in [9.17, 15) is 9.59 Å². The van der Waals surface area contributed by atoms with Crippen LogP contribution in [0.1, 0.15) is 40.5 Å². The third-order valence-corrected chi connectivity index (χ3v) is 3.65. The minimum Gasteiger partial charge on any atom is -0.342 e. The molecule has 90 valence electrons. The average Bonchev–Trinajstić information content (AvgIpc) is 2.92. The minimum atomic E-state index is -0.682. The summed E-state index contributed by atoms with van der Waals surface area (Å²) in [6, 6.07) is -0.424. The lowest BCUT2D eigenvalue weighted by Crippen LogP contribution is -2.71. The van der Waals surface area contributed by atoms with Crippen molar-refractivity contribution < 1.29 is 9.59 Å². The summed E-state index contributed by atoms with van der Waals surface area (Å²) in [5, 5.41) is 5.78. The maximum Gasteiger partial charge on any atom is 0.246 e. The fraction of sp³-hybridized carbons (Fsp3) is 0.833. The van der Waals surface area contributed by atoms with Crippen LogP contribution in [0.15, 0.2) is 0 Å². The summed E-state index contributed by atoms with van der Waals surface area (Å²) < 4.78 is 0. The van der Waals surface area contributed by atoms with Crippen LogP contribution in [0.4, 0.5) is 0 Å². The molecule has 4 heteroatoms. The van der Waals surface area contributed by atoms with Crippen LogP contribution in [0.2, 0.25) is 0 Å². The Labute approximate surface area is 96.2 Å². The molecule has 0 aromatic carbocycles. The molecule has 2 N–H and O–H groups in total. The molecule has 16 heavy (non-hydrogen) atoms. The van der Waals surface area contributed by atoms with E-state index in [1.807, 2.05) is 27.7 Å². The number of nitrogens with one attached hydrogen (secondary N) is 2. The lowest BCUT2D eigenvalue weighted by Gasteiger charge is -2.42. The topological polar surface area (TPSA) is 58.2 Å². The van der Waals surface area contributed by atoms with E-state index in [1.54, 1.807) is 0 Å². The van der Waals surface area contributed by atoms with Gasteiger partial charge in [0.15, 0.2) is 0 Å². The monoisotopic (exact) mass is 224 g/mol. The van der Waals surface area contributed by atoms with E-state index >= 15 is 0 Å². The van der Waals surface area contributed by atoms with Gasteiger partial charge in [-0.2, -0.15) is 0 Å². The maximum absolute atomic E-state index is 12.1. The van der Waals surface area contributed by atoms with Gasteiger partial charge in [0, 0.05) is 0 Å². The normalized spacial score (nSPS) is 35.6. The number of hydrogen-bond donors (Lipinski definition) is 2. The predicted octanol–water partition coefficient (Wildman–Crippen LogP) is 0.816. The molecule has 2 fully saturated rings. The van der Waals surface area contributed by atoms with E-state index in [-0.39, 0.29) is 17.2 Å². The molecule has 2 aliphatic rings. The summed E-state index contributed by atoms with van der Waals surface area (Å²) in [6.07, 6.45) is 2.06. The summed E-state index contributed by atoms with van der Waals surface area (Å²) in [4.78, 5) is 24.1. The zero-order valence-corrected chi connectivity index (χ0v) is 10.4. The lowest BCUT2D eigenvalue weighted by atomic mass is 9.81. The predicted molar refractivity (Wildman–Crippen MR) is 60.7 cm³/mol. The molecule has 4 nitrogen and oxygen atoms in total. The molecular formula is C12H20N2O2. The second-order valence-corrected chi connectivity index (χ2v) is 6.24. The molecule has 2 atom stereocenters. The van der Waals surface area contributed by atoms with Gasteiger partial charge in [-0.1, -0.05) is 20.8 Å². The van der Waals surface area contributed by atoms with Crippen molar-refractivity contribution in [3.05, 3.63) is 0 Å². The van der Waals surface area contributed by atoms with Gasteiger partial charge >= 0.3 is 0 Å². The number of carbonyl (C=O) groups excluding carboxylic acids is 2. The quantitative estimate of drug-likeness (QED) is 0.692. The molecule has 0 radical (unpaired) electrons. The largest absolute Gasteiger partial charge is 0.342 e. The van der Waals surface area contributed by atoms with Crippen molar-refractivity contribution >= 4 is 11.8 Å². The molecule has 0 spiro atoms. The van der Waals surface area contributed by atoms with Crippen molar-refractivity contribution in [2.24, 2.45) is 11.3 Å². The average molecular weight is 224 g/mol. The molecule has 1 saturated heterocycles. The molecule has 0 aromatic heterocycles. The van der Waals surface area contributed by atoms with E-state index < -0.39 is 11.6 Å². The molecule has 0 bridgehead atoms. The van der Waals surface area contributed by atoms with Gasteiger partial charge in [0.2, 0.25) is 11.8 Å². The van der Waals surface area contributed by atoms with Crippen LogP contribution in [0.3, 0.4) is 0 Å². The number of amides is 2. The zero-order chi connectivity index (χ0) is 12.1. The van der Waals surface area contributed by atoms with Gasteiger partial charge < -0.3 is 10.6 Å². The molecular weight excluding hydrogens is 204 g/mol. The first-order chi connectivity index (χ1) is 7.25. The fourth-order valence-corrected chi connectivity index (χ4v) is 2.29. The maximum atomic E-state index is 12.1. The van der Waals surface area contributed by atoms with Crippen molar-refractivity contribution in [2.45, 2.75) is 52.1 Å². The summed E-state index contributed by atoms with van der Waals surface area (Å²) in [6.45, 7) is 7.70. The van der Waals surface area contributed by atoms with E-state index in [0.717, 1.165) is 12.8 Å². The third kappa shape index (κ3) is 1.70. The number of hydrogen-bond acceptors (Lipinski definition) is 2. The van der Waals surface area contributed by atoms with Gasteiger partial charge in [0.05, 0.1) is 0 Å². The minimum absolute atomic E-state index is 0.0328. The standard InChI is InChI=1S/C12H20N2O2/c1-11(2,3)8-9(15)14-12(4,7-5-6-7)10(16)13-8/h7-8H,5-6H2,1-4H3,(H,13,16)(H,14,15). The molecule has 0 aromatic rings. The van der Waals surface area contributed by atoms with Crippen LogP contribution in [-0.4, -0.2) is 23.4 Å². The molecule has 2 rings (SSSR count). The molecule has 1 aliphatic carbocycles. The number of piperazine rings is 1. The van der Waals surface area contributed by atoms with Gasteiger partial charge in [-0.25, -0.2) is 0 Å². The Morgan fingerprint density at radius 1 is 1.25 bits per heavy atom. The van der Waals surface area contributed by atoms with E-state index in [2.05, 4.69) is 10.6 Å². The molecule has 1 aliphatic heterocycles. The van der Waals surface area contributed by atoms with Crippen molar-refractivity contribution in [1.29, 1.82) is 0 Å². The van der Waals surface area contributed by atoms with Gasteiger partial charge in [0.1, 0.15) is 11.6 Å². The SMILES string of the molecule is CC(C)(C)C1NC(=O)C(C)(C2CC2)NC1=O. The van der Waals surface area contributed by atoms with Crippen molar-refractivity contribution in [3.8, 4) is 0 Å². The first-order valence-electron chi connectivity index (χ1n) is 5.88. The fourth-order valence-electron chi connectivity index (χ4n) is 2.29. The van der Waals surface area contributed by atoms with Gasteiger partial charge in [0.25, 0.3) is 0 Å². The van der Waals surface area contributed by atoms with E-state index in [4.69, 9.17) is 0 Å². The highest BCUT2D eigenvalue weighted by Crippen LogP contribution is 2.41. The summed E-state index contributed by atoms with van der Waals surface area (Å²) in [7, 11) is 0. The Bertz CT molecular complexity index is 341. The third-order valence-electron chi connectivity index (χ3n) is 3.65. The summed E-state index contributed by atoms with van der Waals surface area (Å²) in [5.74, 6) is 0.230. The highest BCUT2D eigenvalue weighted by atomic mass is 16.2. The lowest BCUT2D eigenvalue weighted by molar-refractivity contribution is -0.144. The first kappa shape index (κ1) is 11.4. The zero-order valence-electron chi connectivity index (χ0n) is 10.4. The van der Waals surface area contributed by atoms with Crippen LogP contribution in [0.25, 0.3) is 0 Å². The van der Waals surface area contributed by atoms with Gasteiger partial charge in [-0.15, -0.1) is 0 Å². The van der Waals surface area contributed by atoms with E-state index in [1.165, 1.54) is 0 Å². The Morgan fingerprint density at radius 3 is 2.25 bits per heavy atom. The highest BCUT2D eigenvalue weighted by molar-refractivity contribution is 6.00. The molecule has 1 heterocycles. The highest BCUT2D eigenvalue weighted by Gasteiger charge is 2.53. The van der Waals surface area contributed by atoms with Crippen LogP contribution in [-0.2, 0) is 9.59 Å². The van der Waals surface area contributed by atoms with Crippen LogP contribution < -0.4 is 10.6 Å². The first-order valence-corrected chi connectivity index (χ1v) is 5.88. The second-order valence-electron chi connectivity index (χ2n) is 6.24. The summed E-state index contributed by atoms with van der Waals surface area (Å²) in [5.41, 5.74) is -0.927. The Kier molecular flexibility index (Phi) is 2.30. The van der Waals surface area contributed by atoms with Crippen molar-refractivity contribution in [3.63, 3.8) is 0 Å². The van der Waals surface area contributed by atoms with Crippen LogP contribution in [0.5, 0.6) is 0 Å². The summed E-state index contributed by atoms with van der Waals surface area (Å²) >= 11 is 0. The van der Waals surface area contributed by atoms with Crippen molar-refractivity contribution in [1.82, 2.24) is 10.6 Å². The molecule has 1 saturated carbocycles. The Hall–Kier alpha value is -1.06. The number of carbonyl (C=O) groups is 2. The Morgan fingerprint density at radius 2 is 1.81 bits per heavy atom. The molecule has 2 unspecified atom stereocenters. The second kappa shape index (κ2) is 3.22. The van der Waals surface area contributed by atoms with E-state index in [0.29, 0.717) is 5.92 Å². The number of rotatable bonds is 1. The van der Waals surface area contributed by atoms with Crippen LogP contribution in [0, 0.1) is 11.3 Å². The Balaban J connectivity index is 2.19. The van der Waals surface area contributed by atoms with Crippen molar-refractivity contribution in [2.75, 3.05) is 0 Å². The molecule has 2 amide bonds. The van der Waals surface area contributed by atoms with Crippen LogP contribution >= 0.6 is 0 Å². The van der Waals surface area contributed by atoms with Gasteiger partial charge in [-0.05, 0) is 31.1 Å². The smallest absolute Gasteiger partial charge is 0.246 e. The van der Waals surface area contributed by atoms with Gasteiger partial charge in [-0.3, -0.25) is 9.59 Å².